The Bertz CT molecular complexity index is 865. The summed E-state index contributed by atoms with van der Waals surface area (Å²) in [5.41, 5.74) is 0.988. The molecule has 0 radical (unpaired) electrons. The van der Waals surface area contributed by atoms with E-state index in [2.05, 4.69) is 56.1 Å². The molecule has 0 fully saturated rings. The summed E-state index contributed by atoms with van der Waals surface area (Å²) in [5.74, 6) is 0.839. The predicted molar refractivity (Wildman–Crippen MR) is 108 cm³/mol. The molecular formula is C18H21ClFN7. The minimum atomic E-state index is -0.543. The number of anilines is 2. The highest BCUT2D eigenvalue weighted by Crippen LogP contribution is 2.19. The highest BCUT2D eigenvalue weighted by Gasteiger charge is 2.11. The first-order valence-corrected chi connectivity index (χ1v) is 8.65. The molecule has 0 saturated carbocycles. The normalized spacial score (nSPS) is 12.2. The van der Waals surface area contributed by atoms with Crippen LogP contribution in [0.5, 0.6) is 0 Å². The first-order chi connectivity index (χ1) is 12.9. The summed E-state index contributed by atoms with van der Waals surface area (Å²) in [7, 11) is 0. The lowest BCUT2D eigenvalue weighted by atomic mass is 10.2. The van der Waals surface area contributed by atoms with Gasteiger partial charge in [0.15, 0.2) is 5.82 Å². The zero-order valence-corrected chi connectivity index (χ0v) is 16.1. The molecule has 2 aromatic rings. The number of halogens is 2. The van der Waals surface area contributed by atoms with E-state index in [4.69, 9.17) is 11.6 Å². The van der Waals surface area contributed by atoms with Gasteiger partial charge in [-0.3, -0.25) is 4.99 Å². The largest absolute Gasteiger partial charge is 0.354 e. The van der Waals surface area contributed by atoms with E-state index in [-0.39, 0.29) is 5.95 Å². The molecule has 9 heteroatoms. The lowest BCUT2D eigenvalue weighted by molar-refractivity contribution is 0.662. The molecule has 27 heavy (non-hydrogen) atoms. The van der Waals surface area contributed by atoms with E-state index in [1.54, 1.807) is 25.1 Å². The van der Waals surface area contributed by atoms with E-state index in [1.165, 1.54) is 6.08 Å². The number of hydrogen-bond donors (Lipinski definition) is 2. The summed E-state index contributed by atoms with van der Waals surface area (Å²) in [5, 5.41) is 6.42. The first kappa shape index (κ1) is 20.4. The predicted octanol–water partition coefficient (Wildman–Crippen LogP) is 4.48. The van der Waals surface area contributed by atoms with Crippen molar-refractivity contribution in [1.29, 1.82) is 0 Å². The van der Waals surface area contributed by atoms with E-state index in [0.29, 0.717) is 40.8 Å². The summed E-state index contributed by atoms with van der Waals surface area (Å²) < 4.78 is 13.6. The Kier molecular flexibility index (Phi) is 7.36. The van der Waals surface area contributed by atoms with E-state index in [1.807, 2.05) is 0 Å². The number of aromatic nitrogens is 4. The maximum absolute atomic E-state index is 13.6. The van der Waals surface area contributed by atoms with Gasteiger partial charge in [-0.15, -0.1) is 0 Å². The molecule has 0 aliphatic rings. The van der Waals surface area contributed by atoms with E-state index >= 15 is 0 Å². The van der Waals surface area contributed by atoms with E-state index in [9.17, 15) is 4.39 Å². The van der Waals surface area contributed by atoms with Crippen molar-refractivity contribution in [2.24, 2.45) is 10.9 Å². The summed E-state index contributed by atoms with van der Waals surface area (Å²) in [4.78, 5) is 20.7. The highest BCUT2D eigenvalue weighted by molar-refractivity contribution is 6.29. The molecule has 0 aliphatic heterocycles. The summed E-state index contributed by atoms with van der Waals surface area (Å²) in [6.45, 7) is 9.72. The molecule has 0 amide bonds. The third kappa shape index (κ3) is 6.74. The molecule has 0 saturated heterocycles. The van der Waals surface area contributed by atoms with Gasteiger partial charge in [-0.25, -0.2) is 9.37 Å². The second-order valence-corrected chi connectivity index (χ2v) is 6.46. The maximum atomic E-state index is 13.6. The van der Waals surface area contributed by atoms with Crippen molar-refractivity contribution in [3.05, 3.63) is 47.2 Å². The van der Waals surface area contributed by atoms with Crippen molar-refractivity contribution in [3.63, 3.8) is 0 Å². The monoisotopic (exact) mass is 389 g/mol. The molecule has 142 valence electrons. The number of allylic oxidation sites excluding steroid dienone is 3. The molecule has 7 nitrogen and oxygen atoms in total. The Morgan fingerprint density at radius 3 is 2.67 bits per heavy atom. The first-order valence-electron chi connectivity index (χ1n) is 8.27. The van der Waals surface area contributed by atoms with Gasteiger partial charge >= 0.3 is 0 Å². The maximum Gasteiger partial charge on any atom is 0.232 e. The fraction of sp³-hybridized carbons (Fsp3) is 0.278. The molecule has 2 heterocycles. The molecule has 0 aliphatic carbocycles. The second kappa shape index (κ2) is 9.72. The number of nitrogens with one attached hydrogen (secondary N) is 2. The van der Waals surface area contributed by atoms with Crippen LogP contribution in [0.2, 0.25) is 5.15 Å². The van der Waals surface area contributed by atoms with Gasteiger partial charge in [0.25, 0.3) is 0 Å². The number of rotatable bonds is 8. The van der Waals surface area contributed by atoms with Crippen LogP contribution in [-0.4, -0.2) is 33.2 Å². The van der Waals surface area contributed by atoms with E-state index in [0.717, 1.165) is 6.20 Å². The van der Waals surface area contributed by atoms with Gasteiger partial charge in [0.1, 0.15) is 16.7 Å². The Morgan fingerprint density at radius 1 is 1.26 bits per heavy atom. The van der Waals surface area contributed by atoms with Gasteiger partial charge in [0.05, 0.1) is 6.20 Å². The summed E-state index contributed by atoms with van der Waals surface area (Å²) in [6.07, 6.45) is 2.27. The fourth-order valence-electron chi connectivity index (χ4n) is 2.00. The van der Waals surface area contributed by atoms with Crippen molar-refractivity contribution < 1.29 is 4.39 Å². The van der Waals surface area contributed by atoms with Crippen LogP contribution in [-0.2, 0) is 0 Å². The topological polar surface area (TPSA) is 88.0 Å². The van der Waals surface area contributed by atoms with Gasteiger partial charge in [-0.05, 0) is 37.8 Å². The molecule has 2 aromatic heterocycles. The van der Waals surface area contributed by atoms with Crippen LogP contribution in [0.3, 0.4) is 0 Å². The lowest BCUT2D eigenvalue weighted by Gasteiger charge is -2.11. The average Bonchev–Trinajstić information content (AvgIpc) is 2.59. The number of hydrogen-bond acceptors (Lipinski definition) is 7. The van der Waals surface area contributed by atoms with Crippen LogP contribution in [0.4, 0.5) is 16.3 Å². The molecule has 0 spiro atoms. The molecule has 0 atom stereocenters. The third-order valence-electron chi connectivity index (χ3n) is 3.13. The molecule has 2 rings (SSSR count). The molecular weight excluding hydrogens is 369 g/mol. The van der Waals surface area contributed by atoms with Gasteiger partial charge in [0, 0.05) is 12.2 Å². The summed E-state index contributed by atoms with van der Waals surface area (Å²) >= 11 is 5.96. The minimum absolute atomic E-state index is 0.251. The van der Waals surface area contributed by atoms with Gasteiger partial charge in [-0.2, -0.15) is 15.0 Å². The Balaban J connectivity index is 2.37. The van der Waals surface area contributed by atoms with Crippen molar-refractivity contribution in [2.45, 2.75) is 20.8 Å². The number of nitrogens with zero attached hydrogens (tertiary/aromatic N) is 5. The van der Waals surface area contributed by atoms with Crippen LogP contribution >= 0.6 is 11.6 Å². The average molecular weight is 390 g/mol. The lowest BCUT2D eigenvalue weighted by Crippen LogP contribution is -2.13. The quantitative estimate of drug-likeness (QED) is 0.393. The summed E-state index contributed by atoms with van der Waals surface area (Å²) in [6, 6.07) is 5.17. The SMILES string of the molecule is C=N/C=C(F)\C=C(/C)Nc1nc(NCC(C)C)nc(-c2cccc(Cl)n2)n1. The van der Waals surface area contributed by atoms with Crippen molar-refractivity contribution in [2.75, 3.05) is 17.2 Å². The second-order valence-electron chi connectivity index (χ2n) is 6.08. The minimum Gasteiger partial charge on any atom is -0.354 e. The van der Waals surface area contributed by atoms with Crippen LogP contribution in [0.15, 0.2) is 47.0 Å². The van der Waals surface area contributed by atoms with Crippen LogP contribution in [0.1, 0.15) is 20.8 Å². The Morgan fingerprint density at radius 2 is 2.00 bits per heavy atom. The molecule has 0 unspecified atom stereocenters. The zero-order chi connectivity index (χ0) is 19.8. The van der Waals surface area contributed by atoms with Gasteiger partial charge in [0.2, 0.25) is 11.9 Å². The number of pyridine rings is 1. The van der Waals surface area contributed by atoms with Crippen LogP contribution in [0, 0.1) is 5.92 Å². The molecule has 0 bridgehead atoms. The van der Waals surface area contributed by atoms with Gasteiger partial charge < -0.3 is 10.6 Å². The van der Waals surface area contributed by atoms with Crippen molar-refractivity contribution >= 4 is 30.2 Å². The Labute approximate surface area is 162 Å². The smallest absolute Gasteiger partial charge is 0.232 e. The third-order valence-corrected chi connectivity index (χ3v) is 3.34. The van der Waals surface area contributed by atoms with Crippen LogP contribution in [0.25, 0.3) is 11.5 Å². The van der Waals surface area contributed by atoms with Crippen LogP contribution < -0.4 is 10.6 Å². The van der Waals surface area contributed by atoms with Gasteiger partial charge in [-0.1, -0.05) is 31.5 Å². The molecule has 0 aromatic carbocycles. The molecule has 2 N–H and O–H groups in total. The highest BCUT2D eigenvalue weighted by atomic mass is 35.5. The van der Waals surface area contributed by atoms with Crippen molar-refractivity contribution in [1.82, 2.24) is 19.9 Å². The van der Waals surface area contributed by atoms with Crippen molar-refractivity contribution in [3.8, 4) is 11.5 Å². The fourth-order valence-corrected chi connectivity index (χ4v) is 2.16. The zero-order valence-electron chi connectivity index (χ0n) is 15.4. The Hall–Kier alpha value is -2.87. The number of aliphatic imine (C=N–C) groups is 1. The standard InChI is InChI=1S/C18H21ClFN7/c1-11(2)9-22-17-25-16(14-6-5-7-15(19)24-14)26-18(27-17)23-12(3)8-13(20)10-21-4/h5-8,10-11H,4,9H2,1-3H3,(H2,22,23,25,26,27)/b12-8+,13-10+. The van der Waals surface area contributed by atoms with E-state index < -0.39 is 5.83 Å².